The first-order chi connectivity index (χ1) is 8.83. The molecular weight excluding hydrogens is 220 g/mol. The number of nitrogens with one attached hydrogen (secondary N) is 1. The second-order valence-corrected chi connectivity index (χ2v) is 6.44. The summed E-state index contributed by atoms with van der Waals surface area (Å²) in [5.74, 6) is 1.94. The highest BCUT2D eigenvalue weighted by Crippen LogP contribution is 2.29. The normalized spacial score (nSPS) is 24.2. The Hall–Kier alpha value is -0.0800. The molecule has 2 aliphatic carbocycles. The number of likely N-dealkylation sites (N-methyl/N-ethyl adjacent to an activating group) is 2. The summed E-state index contributed by atoms with van der Waals surface area (Å²) in [5.41, 5.74) is 0. The van der Waals surface area contributed by atoms with Gasteiger partial charge in [0.15, 0.2) is 0 Å². The Labute approximate surface area is 114 Å². The van der Waals surface area contributed by atoms with Gasteiger partial charge in [0, 0.05) is 19.1 Å². The Kier molecular flexibility index (Phi) is 5.97. The summed E-state index contributed by atoms with van der Waals surface area (Å²) in [5, 5.41) is 3.60. The topological polar surface area (TPSA) is 15.3 Å². The molecule has 1 N–H and O–H groups in total. The molecule has 0 aromatic rings. The second-order valence-electron chi connectivity index (χ2n) is 6.44. The van der Waals surface area contributed by atoms with Crippen LogP contribution < -0.4 is 5.32 Å². The lowest BCUT2D eigenvalue weighted by molar-refractivity contribution is 0.147. The molecule has 2 heteroatoms. The number of hydrogen-bond donors (Lipinski definition) is 1. The molecule has 0 radical (unpaired) electrons. The van der Waals surface area contributed by atoms with Gasteiger partial charge in [-0.1, -0.05) is 32.6 Å². The summed E-state index contributed by atoms with van der Waals surface area (Å²) in [4.78, 5) is 2.69. The van der Waals surface area contributed by atoms with Gasteiger partial charge >= 0.3 is 0 Å². The van der Waals surface area contributed by atoms with Crippen molar-refractivity contribution in [3.05, 3.63) is 0 Å². The van der Waals surface area contributed by atoms with E-state index in [-0.39, 0.29) is 0 Å². The van der Waals surface area contributed by atoms with Crippen molar-refractivity contribution in [3.8, 4) is 0 Å². The molecule has 1 atom stereocenters. The molecule has 0 aliphatic heterocycles. The van der Waals surface area contributed by atoms with E-state index < -0.39 is 0 Å². The van der Waals surface area contributed by atoms with Crippen LogP contribution in [0.2, 0.25) is 0 Å². The fourth-order valence-electron chi connectivity index (χ4n) is 3.66. The van der Waals surface area contributed by atoms with Crippen molar-refractivity contribution in [2.75, 3.05) is 26.7 Å². The van der Waals surface area contributed by atoms with Gasteiger partial charge in [-0.05, 0) is 51.1 Å². The standard InChI is InChI=1S/C16H32N2/c1-3-18(12-14-8-7-9-14)13-16(17-2)15-10-5-4-6-11-15/h14-17H,3-13H2,1-2H3. The smallest absolute Gasteiger partial charge is 0.0220 e. The predicted octanol–water partition coefficient (Wildman–Crippen LogP) is 3.28. The van der Waals surface area contributed by atoms with Crippen LogP contribution in [0.25, 0.3) is 0 Å². The van der Waals surface area contributed by atoms with E-state index in [0.717, 1.165) is 17.9 Å². The fraction of sp³-hybridized carbons (Fsp3) is 1.00. The van der Waals surface area contributed by atoms with Gasteiger partial charge in [-0.25, -0.2) is 0 Å². The molecule has 0 heterocycles. The molecule has 18 heavy (non-hydrogen) atoms. The van der Waals surface area contributed by atoms with Gasteiger partial charge < -0.3 is 10.2 Å². The second kappa shape index (κ2) is 7.49. The Balaban J connectivity index is 1.78. The molecule has 2 rings (SSSR count). The van der Waals surface area contributed by atoms with Crippen molar-refractivity contribution >= 4 is 0 Å². The molecular formula is C16H32N2. The largest absolute Gasteiger partial charge is 0.315 e. The Morgan fingerprint density at radius 3 is 2.28 bits per heavy atom. The fourth-order valence-corrected chi connectivity index (χ4v) is 3.66. The van der Waals surface area contributed by atoms with E-state index in [9.17, 15) is 0 Å². The SMILES string of the molecule is CCN(CC1CCC1)CC(NC)C1CCCCC1. The molecule has 0 saturated heterocycles. The van der Waals surface area contributed by atoms with Crippen LogP contribution in [0.3, 0.4) is 0 Å². The first kappa shape index (κ1) is 14.3. The molecule has 106 valence electrons. The van der Waals surface area contributed by atoms with Gasteiger partial charge in [-0.2, -0.15) is 0 Å². The summed E-state index contributed by atoms with van der Waals surface area (Å²) in [6, 6.07) is 0.727. The predicted molar refractivity (Wildman–Crippen MR) is 78.9 cm³/mol. The van der Waals surface area contributed by atoms with Crippen LogP contribution in [-0.2, 0) is 0 Å². The molecule has 0 bridgehead atoms. The van der Waals surface area contributed by atoms with E-state index >= 15 is 0 Å². The van der Waals surface area contributed by atoms with Crippen LogP contribution in [0, 0.1) is 11.8 Å². The van der Waals surface area contributed by atoms with E-state index in [2.05, 4.69) is 24.2 Å². The van der Waals surface area contributed by atoms with E-state index in [1.54, 1.807) is 0 Å². The zero-order valence-corrected chi connectivity index (χ0v) is 12.5. The lowest BCUT2D eigenvalue weighted by atomic mass is 9.82. The highest BCUT2D eigenvalue weighted by molar-refractivity contribution is 4.82. The summed E-state index contributed by atoms with van der Waals surface area (Å²) in [6.07, 6.45) is 11.7. The highest BCUT2D eigenvalue weighted by atomic mass is 15.1. The number of hydrogen-bond acceptors (Lipinski definition) is 2. The number of rotatable bonds is 7. The maximum absolute atomic E-state index is 3.60. The van der Waals surface area contributed by atoms with E-state index in [1.165, 1.54) is 71.0 Å². The molecule has 2 nitrogen and oxygen atoms in total. The quantitative estimate of drug-likeness (QED) is 0.748. The van der Waals surface area contributed by atoms with Gasteiger partial charge in [-0.3, -0.25) is 0 Å². The molecule has 1 unspecified atom stereocenters. The third kappa shape index (κ3) is 3.96. The summed E-state index contributed by atoms with van der Waals surface area (Å²) in [6.45, 7) is 6.17. The molecule has 2 saturated carbocycles. The minimum Gasteiger partial charge on any atom is -0.315 e. The molecule has 0 aromatic carbocycles. The van der Waals surface area contributed by atoms with E-state index in [0.29, 0.717) is 0 Å². The van der Waals surface area contributed by atoms with Crippen LogP contribution in [-0.4, -0.2) is 37.6 Å². The first-order valence-corrected chi connectivity index (χ1v) is 8.23. The summed E-state index contributed by atoms with van der Waals surface area (Å²) in [7, 11) is 2.16. The summed E-state index contributed by atoms with van der Waals surface area (Å²) < 4.78 is 0. The zero-order valence-electron chi connectivity index (χ0n) is 12.5. The Morgan fingerprint density at radius 1 is 1.06 bits per heavy atom. The van der Waals surface area contributed by atoms with Crippen molar-refractivity contribution in [1.82, 2.24) is 10.2 Å². The average molecular weight is 252 g/mol. The average Bonchev–Trinajstić information content (AvgIpc) is 2.38. The zero-order chi connectivity index (χ0) is 12.8. The molecule has 0 aromatic heterocycles. The van der Waals surface area contributed by atoms with Crippen LogP contribution in [0.4, 0.5) is 0 Å². The van der Waals surface area contributed by atoms with Gasteiger partial charge in [0.25, 0.3) is 0 Å². The third-order valence-electron chi connectivity index (χ3n) is 5.23. The molecule has 0 amide bonds. The Morgan fingerprint density at radius 2 is 1.78 bits per heavy atom. The molecule has 2 aliphatic rings. The van der Waals surface area contributed by atoms with E-state index in [1.807, 2.05) is 0 Å². The minimum absolute atomic E-state index is 0.727. The van der Waals surface area contributed by atoms with Crippen molar-refractivity contribution in [3.63, 3.8) is 0 Å². The van der Waals surface area contributed by atoms with Crippen molar-refractivity contribution in [2.24, 2.45) is 11.8 Å². The maximum atomic E-state index is 3.60. The lowest BCUT2D eigenvalue weighted by Crippen LogP contribution is -2.46. The lowest BCUT2D eigenvalue weighted by Gasteiger charge is -2.37. The summed E-state index contributed by atoms with van der Waals surface area (Å²) >= 11 is 0. The molecule has 2 fully saturated rings. The monoisotopic (exact) mass is 252 g/mol. The van der Waals surface area contributed by atoms with Gasteiger partial charge in [0.2, 0.25) is 0 Å². The maximum Gasteiger partial charge on any atom is 0.0220 e. The Bertz CT molecular complexity index is 219. The van der Waals surface area contributed by atoms with E-state index in [4.69, 9.17) is 0 Å². The third-order valence-corrected chi connectivity index (χ3v) is 5.23. The number of nitrogens with zero attached hydrogens (tertiary/aromatic N) is 1. The highest BCUT2D eigenvalue weighted by Gasteiger charge is 2.26. The van der Waals surface area contributed by atoms with Gasteiger partial charge in [0.05, 0.1) is 0 Å². The van der Waals surface area contributed by atoms with Crippen molar-refractivity contribution in [2.45, 2.75) is 64.3 Å². The molecule has 0 spiro atoms. The van der Waals surface area contributed by atoms with Crippen LogP contribution >= 0.6 is 0 Å². The minimum atomic E-state index is 0.727. The van der Waals surface area contributed by atoms with Crippen molar-refractivity contribution in [1.29, 1.82) is 0 Å². The van der Waals surface area contributed by atoms with Crippen molar-refractivity contribution < 1.29 is 0 Å². The van der Waals surface area contributed by atoms with Crippen LogP contribution in [0.15, 0.2) is 0 Å². The van der Waals surface area contributed by atoms with Gasteiger partial charge in [-0.15, -0.1) is 0 Å². The van der Waals surface area contributed by atoms with Crippen LogP contribution in [0.1, 0.15) is 58.3 Å². The van der Waals surface area contributed by atoms with Gasteiger partial charge in [0.1, 0.15) is 0 Å². The van der Waals surface area contributed by atoms with Crippen LogP contribution in [0.5, 0.6) is 0 Å². The first-order valence-electron chi connectivity index (χ1n) is 8.23.